The zero-order chi connectivity index (χ0) is 31.7. The number of hydrogen-bond donors (Lipinski definition) is 7. The maximum absolute atomic E-state index is 12.7. The van der Waals surface area contributed by atoms with E-state index in [9.17, 15) is 32.7 Å². The number of carbonyl (C=O) groups excluding carboxylic acids is 3. The minimum absolute atomic E-state index is 0.253. The van der Waals surface area contributed by atoms with Crippen LogP contribution in [0, 0.1) is 5.92 Å². The van der Waals surface area contributed by atoms with Gasteiger partial charge < -0.3 is 37.6 Å². The van der Waals surface area contributed by atoms with Crippen molar-refractivity contribution in [3.8, 4) is 0 Å². The summed E-state index contributed by atoms with van der Waals surface area (Å²) in [5.41, 5.74) is 11.0. The summed E-state index contributed by atoms with van der Waals surface area (Å²) in [5.74, 6) is -3.37. The van der Waals surface area contributed by atoms with Gasteiger partial charge in [0.1, 0.15) is 12.1 Å². The third-order valence-electron chi connectivity index (χ3n) is 6.04. The molecule has 0 rings (SSSR count). The van der Waals surface area contributed by atoms with E-state index < -0.39 is 36.7 Å². The van der Waals surface area contributed by atoms with Crippen LogP contribution in [0.25, 0.3) is 0 Å². The number of aliphatic hydroxyl groups excluding tert-OH is 1. The molecule has 0 fully saturated rings. The highest BCUT2D eigenvalue weighted by molar-refractivity contribution is 5.92. The van der Waals surface area contributed by atoms with Gasteiger partial charge in [-0.25, -0.2) is 4.79 Å². The number of nitrogens with two attached hydrogens (primary N) is 2. The lowest BCUT2D eigenvalue weighted by Crippen LogP contribution is -2.55. The van der Waals surface area contributed by atoms with Crippen LogP contribution in [0.1, 0.15) is 97.3 Å². The number of amides is 3. The normalized spacial score (nSPS) is 12.6. The van der Waals surface area contributed by atoms with Gasteiger partial charge in [-0.3, -0.25) is 14.4 Å². The molecule has 41 heavy (non-hydrogen) atoms. The molecule has 0 heterocycles. The van der Waals surface area contributed by atoms with Crippen molar-refractivity contribution in [2.24, 2.45) is 17.4 Å². The second-order valence-corrected chi connectivity index (χ2v) is 10.3. The molecule has 0 aromatic rings. The van der Waals surface area contributed by atoms with E-state index >= 15 is 0 Å². The highest BCUT2D eigenvalue weighted by Gasteiger charge is 2.38. The van der Waals surface area contributed by atoms with Crippen molar-refractivity contribution in [3.63, 3.8) is 0 Å². The van der Waals surface area contributed by atoms with Gasteiger partial charge in [-0.15, -0.1) is 0 Å². The zero-order valence-electron chi connectivity index (χ0n) is 24.6. The fraction of sp³-hybridized carbons (Fsp3) is 0.852. The Bertz CT molecular complexity index is 726. The standard InChI is InChI=1S/C25H51N5O4.C2HF3O2/c1-20(2)15-18-28-24(33)21(13-10-12-17-27)30-25(34)22(19-31)29-23(32)14-9-7-5-3-4-6-8-11-16-26;3-2(4,5)1(6)7/h20-22,31H,3-19,26-27H2,1-2H3,(H,28,33)(H,29,32)(H,30,34);(H,6,7)/t21-,22-;/m1./s1. The number of carboxylic acids is 1. The molecule has 11 nitrogen and oxygen atoms in total. The summed E-state index contributed by atoms with van der Waals surface area (Å²) in [5, 5.41) is 24.9. The maximum Gasteiger partial charge on any atom is 0.490 e. The highest BCUT2D eigenvalue weighted by atomic mass is 19.4. The summed E-state index contributed by atoms with van der Waals surface area (Å²) in [6.45, 7) is 5.43. The predicted molar refractivity (Wildman–Crippen MR) is 151 cm³/mol. The van der Waals surface area contributed by atoms with Crippen LogP contribution in [0.15, 0.2) is 0 Å². The van der Waals surface area contributed by atoms with Crippen LogP contribution in [-0.4, -0.2) is 78.4 Å². The van der Waals surface area contributed by atoms with E-state index in [0.717, 1.165) is 51.5 Å². The minimum Gasteiger partial charge on any atom is -0.475 e. The van der Waals surface area contributed by atoms with Gasteiger partial charge in [0.25, 0.3) is 0 Å². The highest BCUT2D eigenvalue weighted by Crippen LogP contribution is 2.13. The van der Waals surface area contributed by atoms with E-state index in [0.29, 0.717) is 38.3 Å². The molecule has 0 aliphatic carbocycles. The molecule has 242 valence electrons. The molecular weight excluding hydrogens is 547 g/mol. The number of nitrogens with one attached hydrogen (secondary N) is 3. The number of halogens is 3. The molecule has 0 saturated heterocycles. The summed E-state index contributed by atoms with van der Waals surface area (Å²) >= 11 is 0. The fourth-order valence-electron chi connectivity index (χ4n) is 3.59. The van der Waals surface area contributed by atoms with Crippen molar-refractivity contribution in [1.82, 2.24) is 16.0 Å². The molecule has 0 unspecified atom stereocenters. The predicted octanol–water partition coefficient (Wildman–Crippen LogP) is 2.34. The van der Waals surface area contributed by atoms with Crippen LogP contribution >= 0.6 is 0 Å². The molecule has 0 saturated carbocycles. The molecule has 2 atom stereocenters. The lowest BCUT2D eigenvalue weighted by atomic mass is 10.1. The largest absolute Gasteiger partial charge is 0.490 e. The van der Waals surface area contributed by atoms with Crippen molar-refractivity contribution >= 4 is 23.7 Å². The molecule has 0 radical (unpaired) electrons. The number of unbranched alkanes of at least 4 members (excludes halogenated alkanes) is 8. The van der Waals surface area contributed by atoms with Gasteiger partial charge in [-0.1, -0.05) is 52.4 Å². The van der Waals surface area contributed by atoms with Gasteiger partial charge in [-0.2, -0.15) is 13.2 Å². The molecule has 0 aromatic carbocycles. The van der Waals surface area contributed by atoms with E-state index in [2.05, 4.69) is 29.8 Å². The van der Waals surface area contributed by atoms with E-state index in [1.807, 2.05) is 0 Å². The summed E-state index contributed by atoms with van der Waals surface area (Å²) in [6.07, 6.45) is 6.56. The first-order valence-electron chi connectivity index (χ1n) is 14.5. The Labute approximate surface area is 241 Å². The van der Waals surface area contributed by atoms with Crippen LogP contribution in [0.3, 0.4) is 0 Å². The number of aliphatic carboxylic acids is 1. The van der Waals surface area contributed by atoms with Crippen LogP contribution in [0.4, 0.5) is 13.2 Å². The van der Waals surface area contributed by atoms with Crippen molar-refractivity contribution in [2.75, 3.05) is 26.2 Å². The topological polar surface area (TPSA) is 197 Å². The SMILES string of the molecule is CC(C)CCNC(=O)[C@@H](CCCCN)NC(=O)[C@@H](CO)NC(=O)CCCCCCCCCCN.O=C(O)C(F)(F)F. The Morgan fingerprint density at radius 1 is 0.732 bits per heavy atom. The average molecular weight is 600 g/mol. The average Bonchev–Trinajstić information content (AvgIpc) is 2.89. The van der Waals surface area contributed by atoms with Crippen molar-refractivity contribution < 1.29 is 42.6 Å². The van der Waals surface area contributed by atoms with Gasteiger partial charge in [0.15, 0.2) is 0 Å². The lowest BCUT2D eigenvalue weighted by Gasteiger charge is -2.22. The van der Waals surface area contributed by atoms with Crippen LogP contribution in [0.5, 0.6) is 0 Å². The second-order valence-electron chi connectivity index (χ2n) is 10.3. The molecule has 0 bridgehead atoms. The molecule has 14 heteroatoms. The number of alkyl halides is 3. The van der Waals surface area contributed by atoms with E-state index in [1.165, 1.54) is 19.3 Å². The Kier molecular flexibility index (Phi) is 25.1. The third-order valence-corrected chi connectivity index (χ3v) is 6.04. The first-order valence-corrected chi connectivity index (χ1v) is 14.5. The lowest BCUT2D eigenvalue weighted by molar-refractivity contribution is -0.192. The van der Waals surface area contributed by atoms with Crippen LogP contribution in [0.2, 0.25) is 0 Å². The Morgan fingerprint density at radius 2 is 1.22 bits per heavy atom. The quantitative estimate of drug-likeness (QED) is 0.0920. The van der Waals surface area contributed by atoms with Crippen LogP contribution in [-0.2, 0) is 19.2 Å². The second kappa shape index (κ2) is 25.3. The van der Waals surface area contributed by atoms with E-state index in [1.54, 1.807) is 0 Å². The minimum atomic E-state index is -5.08. The Balaban J connectivity index is 0. The first kappa shape index (κ1) is 40.7. The maximum atomic E-state index is 12.7. The monoisotopic (exact) mass is 599 g/mol. The van der Waals surface area contributed by atoms with Crippen molar-refractivity contribution in [1.29, 1.82) is 0 Å². The summed E-state index contributed by atoms with van der Waals surface area (Å²) in [7, 11) is 0. The fourth-order valence-corrected chi connectivity index (χ4v) is 3.59. The number of rotatable bonds is 22. The van der Waals surface area contributed by atoms with E-state index in [-0.39, 0.29) is 11.8 Å². The van der Waals surface area contributed by atoms with Crippen LogP contribution < -0.4 is 27.4 Å². The number of carbonyl (C=O) groups is 4. The zero-order valence-corrected chi connectivity index (χ0v) is 24.6. The molecule has 0 spiro atoms. The van der Waals surface area contributed by atoms with Gasteiger partial charge >= 0.3 is 12.1 Å². The van der Waals surface area contributed by atoms with Gasteiger partial charge in [0, 0.05) is 13.0 Å². The summed E-state index contributed by atoms with van der Waals surface area (Å²) < 4.78 is 31.7. The molecular formula is C27H52F3N5O6. The Hall–Kier alpha value is -2.45. The Morgan fingerprint density at radius 3 is 1.68 bits per heavy atom. The first-order chi connectivity index (χ1) is 19.3. The van der Waals surface area contributed by atoms with Gasteiger partial charge in [0.05, 0.1) is 6.61 Å². The molecule has 0 aliphatic heterocycles. The number of aliphatic hydroxyl groups is 1. The number of carboxylic acid groups (broad SMARTS) is 1. The summed E-state index contributed by atoms with van der Waals surface area (Å²) in [6, 6.07) is -1.79. The smallest absolute Gasteiger partial charge is 0.475 e. The summed E-state index contributed by atoms with van der Waals surface area (Å²) in [4.78, 5) is 46.4. The van der Waals surface area contributed by atoms with Crippen molar-refractivity contribution in [3.05, 3.63) is 0 Å². The molecule has 0 aromatic heterocycles. The molecule has 9 N–H and O–H groups in total. The molecule has 0 aliphatic rings. The van der Waals surface area contributed by atoms with Crippen molar-refractivity contribution in [2.45, 2.75) is 116 Å². The van der Waals surface area contributed by atoms with E-state index in [4.69, 9.17) is 21.4 Å². The van der Waals surface area contributed by atoms with Gasteiger partial charge in [-0.05, 0) is 57.5 Å². The molecule has 3 amide bonds. The van der Waals surface area contributed by atoms with Gasteiger partial charge in [0.2, 0.25) is 17.7 Å². The third kappa shape index (κ3) is 25.0. The number of hydrogen-bond acceptors (Lipinski definition) is 7.